The van der Waals surface area contributed by atoms with Gasteiger partial charge in [-0.1, -0.05) is 13.8 Å². The molecule has 0 fully saturated rings. The highest BCUT2D eigenvalue weighted by Gasteiger charge is 2.29. The quantitative estimate of drug-likeness (QED) is 0.677. The molecule has 0 amide bonds. The molecule has 0 aliphatic carbocycles. The second-order valence-electron chi connectivity index (χ2n) is 3.74. The predicted molar refractivity (Wildman–Crippen MR) is 44.9 cm³/mol. The van der Waals surface area contributed by atoms with Gasteiger partial charge in [-0.3, -0.25) is 0 Å². The molecule has 64 valence electrons. The van der Waals surface area contributed by atoms with Crippen molar-refractivity contribution < 1.29 is 5.11 Å². The first-order chi connectivity index (χ1) is 4.92. The normalized spacial score (nSPS) is 19.0. The van der Waals surface area contributed by atoms with Crippen LogP contribution in [-0.4, -0.2) is 11.2 Å². The largest absolute Gasteiger partial charge is 0.393 e. The van der Waals surface area contributed by atoms with Crippen molar-refractivity contribution >= 4 is 0 Å². The number of nitrogens with zero attached hydrogens (tertiary/aromatic N) is 1. The Kier molecular flexibility index (Phi) is 3.54. The van der Waals surface area contributed by atoms with Crippen LogP contribution in [-0.2, 0) is 0 Å². The van der Waals surface area contributed by atoms with Crippen LogP contribution in [0.15, 0.2) is 0 Å². The number of hydrogen-bond acceptors (Lipinski definition) is 2. The van der Waals surface area contributed by atoms with Crippen LogP contribution in [0.25, 0.3) is 0 Å². The Hall–Kier alpha value is -0.550. The van der Waals surface area contributed by atoms with E-state index in [2.05, 4.69) is 6.07 Å². The van der Waals surface area contributed by atoms with E-state index in [4.69, 9.17) is 10.4 Å². The van der Waals surface area contributed by atoms with E-state index in [0.29, 0.717) is 12.3 Å². The van der Waals surface area contributed by atoms with E-state index in [0.717, 1.165) is 0 Å². The van der Waals surface area contributed by atoms with Gasteiger partial charge >= 0.3 is 0 Å². The van der Waals surface area contributed by atoms with E-state index in [1.807, 2.05) is 20.8 Å². The predicted octanol–water partition coefficient (Wildman–Crippen LogP) is 1.94. The van der Waals surface area contributed by atoms with E-state index in [-0.39, 0.29) is 11.5 Å². The Morgan fingerprint density at radius 1 is 1.45 bits per heavy atom. The van der Waals surface area contributed by atoms with E-state index < -0.39 is 0 Å². The second-order valence-corrected chi connectivity index (χ2v) is 3.74. The van der Waals surface area contributed by atoms with Gasteiger partial charge < -0.3 is 5.11 Å². The fourth-order valence-electron chi connectivity index (χ4n) is 1.02. The molecule has 0 aromatic rings. The smallest absolute Gasteiger partial charge is 0.0690 e. The molecular formula is C9H17NO. The summed E-state index contributed by atoms with van der Waals surface area (Å²) in [5.74, 6) is 0.294. The van der Waals surface area contributed by atoms with E-state index in [9.17, 15) is 0 Å². The van der Waals surface area contributed by atoms with Gasteiger partial charge in [-0.25, -0.2) is 0 Å². The molecule has 2 nitrogen and oxygen atoms in total. The van der Waals surface area contributed by atoms with Crippen molar-refractivity contribution in [2.24, 2.45) is 11.3 Å². The van der Waals surface area contributed by atoms with Crippen molar-refractivity contribution in [2.75, 3.05) is 0 Å². The molecule has 2 atom stereocenters. The summed E-state index contributed by atoms with van der Waals surface area (Å²) in [5.41, 5.74) is -0.381. The summed E-state index contributed by atoms with van der Waals surface area (Å²) in [7, 11) is 0. The van der Waals surface area contributed by atoms with Crippen LogP contribution in [0.3, 0.4) is 0 Å². The lowest BCUT2D eigenvalue weighted by Gasteiger charge is -2.26. The van der Waals surface area contributed by atoms with Crippen molar-refractivity contribution in [3.05, 3.63) is 0 Å². The minimum atomic E-state index is -0.387. The Morgan fingerprint density at radius 3 is 2.00 bits per heavy atom. The molecule has 2 unspecified atom stereocenters. The molecular weight excluding hydrogens is 138 g/mol. The fraction of sp³-hybridized carbons (Fsp3) is 0.889. The fourth-order valence-corrected chi connectivity index (χ4v) is 1.02. The summed E-state index contributed by atoms with van der Waals surface area (Å²) >= 11 is 0. The van der Waals surface area contributed by atoms with Gasteiger partial charge in [0.25, 0.3) is 0 Å². The average molecular weight is 155 g/mol. The molecule has 0 aliphatic rings. The van der Waals surface area contributed by atoms with Crippen LogP contribution in [0, 0.1) is 22.7 Å². The molecule has 0 saturated carbocycles. The summed E-state index contributed by atoms with van der Waals surface area (Å²) in [6.07, 6.45) is 0.170. The van der Waals surface area contributed by atoms with Gasteiger partial charge in [-0.05, 0) is 26.2 Å². The first-order valence-corrected chi connectivity index (χ1v) is 4.01. The summed E-state index contributed by atoms with van der Waals surface area (Å²) in [4.78, 5) is 0. The maximum absolute atomic E-state index is 9.12. The molecule has 0 spiro atoms. The molecule has 11 heavy (non-hydrogen) atoms. The van der Waals surface area contributed by atoms with Gasteiger partial charge in [0.15, 0.2) is 0 Å². The summed E-state index contributed by atoms with van der Waals surface area (Å²) < 4.78 is 0. The monoisotopic (exact) mass is 155 g/mol. The van der Waals surface area contributed by atoms with Crippen LogP contribution in [0.2, 0.25) is 0 Å². The Bertz CT molecular complexity index is 157. The van der Waals surface area contributed by atoms with Gasteiger partial charge in [-0.15, -0.1) is 0 Å². The van der Waals surface area contributed by atoms with Crippen molar-refractivity contribution in [1.82, 2.24) is 0 Å². The van der Waals surface area contributed by atoms with Crippen LogP contribution < -0.4 is 0 Å². The number of rotatable bonds is 3. The highest BCUT2D eigenvalue weighted by Crippen LogP contribution is 2.31. The van der Waals surface area contributed by atoms with E-state index in [1.165, 1.54) is 0 Å². The van der Waals surface area contributed by atoms with Crippen molar-refractivity contribution in [1.29, 1.82) is 5.26 Å². The van der Waals surface area contributed by atoms with Gasteiger partial charge in [0, 0.05) is 0 Å². The molecule has 0 saturated heterocycles. The van der Waals surface area contributed by atoms with E-state index >= 15 is 0 Å². The molecule has 0 rings (SSSR count). The molecule has 0 bridgehead atoms. The van der Waals surface area contributed by atoms with Gasteiger partial charge in [0.1, 0.15) is 0 Å². The third-order valence-electron chi connectivity index (χ3n) is 2.25. The Balaban J connectivity index is 4.26. The number of hydrogen-bond donors (Lipinski definition) is 1. The van der Waals surface area contributed by atoms with Crippen LogP contribution in [0.1, 0.15) is 34.1 Å². The summed E-state index contributed by atoms with van der Waals surface area (Å²) in [6.45, 7) is 7.62. The maximum Gasteiger partial charge on any atom is 0.0690 e. The number of nitriles is 1. The van der Waals surface area contributed by atoms with Crippen molar-refractivity contribution in [2.45, 2.75) is 40.2 Å². The maximum atomic E-state index is 9.12. The highest BCUT2D eigenvalue weighted by molar-refractivity contribution is 4.98. The summed E-state index contributed by atoms with van der Waals surface area (Å²) in [5, 5.41) is 18.0. The molecule has 2 heteroatoms. The molecule has 0 radical (unpaired) electrons. The molecule has 1 N–H and O–H groups in total. The lowest BCUT2D eigenvalue weighted by atomic mass is 9.76. The minimum Gasteiger partial charge on any atom is -0.393 e. The first kappa shape index (κ1) is 10.4. The Morgan fingerprint density at radius 2 is 1.91 bits per heavy atom. The number of aliphatic hydroxyl groups excluding tert-OH is 1. The number of aliphatic hydroxyl groups is 1. The zero-order valence-corrected chi connectivity index (χ0v) is 7.76. The zero-order chi connectivity index (χ0) is 9.07. The van der Waals surface area contributed by atoms with Gasteiger partial charge in [0.05, 0.1) is 17.6 Å². The zero-order valence-electron chi connectivity index (χ0n) is 7.76. The molecule has 0 aliphatic heterocycles. The van der Waals surface area contributed by atoms with Gasteiger partial charge in [-0.2, -0.15) is 5.26 Å². The lowest BCUT2D eigenvalue weighted by Crippen LogP contribution is -2.25. The van der Waals surface area contributed by atoms with Crippen LogP contribution in [0.5, 0.6) is 0 Å². The first-order valence-electron chi connectivity index (χ1n) is 4.01. The van der Waals surface area contributed by atoms with Crippen molar-refractivity contribution in [3.63, 3.8) is 0 Å². The third-order valence-corrected chi connectivity index (χ3v) is 2.25. The SMILES string of the molecule is CC(O)CC(C)(C#N)C(C)C. The van der Waals surface area contributed by atoms with E-state index in [1.54, 1.807) is 6.92 Å². The van der Waals surface area contributed by atoms with Crippen LogP contribution in [0.4, 0.5) is 0 Å². The molecule has 0 aromatic carbocycles. The van der Waals surface area contributed by atoms with Gasteiger partial charge in [0.2, 0.25) is 0 Å². The van der Waals surface area contributed by atoms with Crippen molar-refractivity contribution in [3.8, 4) is 6.07 Å². The molecule has 0 heterocycles. The Labute approximate surface area is 68.8 Å². The highest BCUT2D eigenvalue weighted by atomic mass is 16.3. The van der Waals surface area contributed by atoms with Crippen LogP contribution >= 0.6 is 0 Å². The third kappa shape index (κ3) is 2.90. The second kappa shape index (κ2) is 3.73. The molecule has 0 aromatic heterocycles. The summed E-state index contributed by atoms with van der Waals surface area (Å²) in [6, 6.07) is 2.25. The average Bonchev–Trinajstić information content (AvgIpc) is 1.86. The standard InChI is InChI=1S/C9H17NO/c1-7(2)9(4,6-10)5-8(3)11/h7-8,11H,5H2,1-4H3. The minimum absolute atomic E-state index is 0.294. The topological polar surface area (TPSA) is 44.0 Å². The lowest BCUT2D eigenvalue weighted by molar-refractivity contribution is 0.123.